The zero-order valence-corrected chi connectivity index (χ0v) is 54.3. The number of aryl methyl sites for hydroxylation is 3. The number of hydrogen-bond donors (Lipinski definition) is 3. The van der Waals surface area contributed by atoms with Gasteiger partial charge >= 0.3 is 10.4 Å². The van der Waals surface area contributed by atoms with Crippen LogP contribution in [0, 0.1) is 66.1 Å². The molecular weight excluding hydrogens is 1310 g/mol. The van der Waals surface area contributed by atoms with Crippen LogP contribution in [0.4, 0.5) is 0 Å². The molecule has 84 heavy (non-hydrogen) atoms. The fourth-order valence-electron chi connectivity index (χ4n) is 5.51. The summed E-state index contributed by atoms with van der Waals surface area (Å²) in [5.41, 5.74) is 4.36. The van der Waals surface area contributed by atoms with Crippen LogP contribution in [0.25, 0.3) is 27.6 Å². The van der Waals surface area contributed by atoms with Crippen LogP contribution < -0.4 is 11.1 Å². The van der Waals surface area contributed by atoms with Crippen molar-refractivity contribution in [3.05, 3.63) is 197 Å². The number of ether oxygens (including phenoxy) is 2. The number of H-pyrrole nitrogens is 2. The molecule has 0 atom stereocenters. The molecule has 0 bridgehead atoms. The highest BCUT2D eigenvalue weighted by molar-refractivity contribution is 8.25. The fourth-order valence-corrected chi connectivity index (χ4v) is 6.30. The number of aromatic hydroxyl groups is 1. The van der Waals surface area contributed by atoms with E-state index in [0.29, 0.717) is 37.9 Å². The molecule has 0 spiro atoms. The maximum absolute atomic E-state index is 11.1. The van der Waals surface area contributed by atoms with Crippen LogP contribution in [0.5, 0.6) is 5.88 Å². The second-order valence-corrected chi connectivity index (χ2v) is 30.2. The van der Waals surface area contributed by atoms with Gasteiger partial charge in [0.2, 0.25) is 12.3 Å². The lowest BCUT2D eigenvalue weighted by Gasteiger charge is -2.19. The van der Waals surface area contributed by atoms with Crippen molar-refractivity contribution in [1.82, 2.24) is 49.7 Å². The average Bonchev–Trinajstić information content (AvgIpc) is 3.41. The minimum Gasteiger partial charge on any atom is -0.494 e. The Labute approximate surface area is 528 Å². The summed E-state index contributed by atoms with van der Waals surface area (Å²) in [6, 6.07) is 21.8. The van der Waals surface area contributed by atoms with E-state index in [9.17, 15) is 18.7 Å². The molecule has 21 nitrogen and oxygen atoms in total. The van der Waals surface area contributed by atoms with Crippen molar-refractivity contribution < 1.29 is 23.7 Å². The van der Waals surface area contributed by atoms with Gasteiger partial charge in [-0.2, -0.15) is 21.0 Å². The van der Waals surface area contributed by atoms with Crippen LogP contribution in [-0.2, 0) is 18.6 Å². The van der Waals surface area contributed by atoms with E-state index in [1.54, 1.807) is 102 Å². The first-order valence-electron chi connectivity index (χ1n) is 22.8. The first kappa shape index (κ1) is 77.6. The molecule has 0 aliphatic heterocycles. The highest BCUT2D eigenvalue weighted by Gasteiger charge is 2.08. The Balaban J connectivity index is 0.000000935. The predicted octanol–water partition coefficient (Wildman–Crippen LogP) is 14.5. The number of nitrogens with zero attached hydrogens (tertiary/aromatic N) is 12. The van der Waals surface area contributed by atoms with Gasteiger partial charge in [-0.15, -0.1) is 0 Å². The summed E-state index contributed by atoms with van der Waals surface area (Å²) < 4.78 is 28.8. The third kappa shape index (κ3) is 34.4. The molecule has 0 aromatic carbocycles. The van der Waals surface area contributed by atoms with Gasteiger partial charge in [-0.25, -0.2) is 9.97 Å². The Kier molecular flexibility index (Phi) is 38.4. The summed E-state index contributed by atoms with van der Waals surface area (Å²) >= 11 is 44.7. The van der Waals surface area contributed by atoms with Gasteiger partial charge in [0.15, 0.2) is 0 Å². The van der Waals surface area contributed by atoms with E-state index < -0.39 is 16.0 Å². The Bertz CT molecular complexity index is 3690. The molecule has 8 heterocycles. The molecular formula is C52H51Cl9N14O7P2. The number of hydrogen-bond acceptors (Lipinski definition) is 19. The second kappa shape index (κ2) is 41.6. The first-order valence-corrected chi connectivity index (χ1v) is 32.7. The lowest BCUT2D eigenvalue weighted by atomic mass is 10.1. The van der Waals surface area contributed by atoms with Gasteiger partial charge in [-0.1, -0.05) is 34.8 Å². The average molecular weight is 1370 g/mol. The van der Waals surface area contributed by atoms with E-state index in [0.717, 1.165) is 32.8 Å². The number of rotatable bonds is 5. The highest BCUT2D eigenvalue weighted by atomic mass is 36.1. The number of nitrogens with one attached hydrogen (secondary N) is 2. The minimum absolute atomic E-state index is 0.0874. The summed E-state index contributed by atoms with van der Waals surface area (Å²) in [6.07, 6.45) is 20.1. The van der Waals surface area contributed by atoms with Gasteiger partial charge in [0, 0.05) is 102 Å². The summed E-state index contributed by atoms with van der Waals surface area (Å²) in [4.78, 5) is 53.3. The number of fused-ring (bicyclic) bond motifs is 2. The van der Waals surface area contributed by atoms with Crippen molar-refractivity contribution in [2.75, 3.05) is 42.4 Å². The Hall–Kier alpha value is -6.43. The molecule has 0 unspecified atom stereocenters. The van der Waals surface area contributed by atoms with Gasteiger partial charge in [0.05, 0.1) is 22.1 Å². The van der Waals surface area contributed by atoms with E-state index >= 15 is 0 Å². The molecule has 0 saturated carbocycles. The van der Waals surface area contributed by atoms with Crippen LogP contribution in [0.15, 0.2) is 126 Å². The largest absolute Gasteiger partial charge is 0.494 e. The Morgan fingerprint density at radius 1 is 0.631 bits per heavy atom. The monoisotopic (exact) mass is 1360 g/mol. The molecule has 8 aromatic heterocycles. The number of nitriles is 4. The molecule has 444 valence electrons. The number of methoxy groups -OCH3 is 2. The van der Waals surface area contributed by atoms with Crippen molar-refractivity contribution >= 4 is 140 Å². The molecule has 0 amide bonds. The normalized spacial score (nSPS) is 10.0. The first-order chi connectivity index (χ1) is 39.3. The number of halogens is 9. The zero-order valence-electron chi connectivity index (χ0n) is 45.7. The molecule has 8 rings (SSSR count). The number of pyridine rings is 8. The maximum atomic E-state index is 11.1. The number of aromatic nitrogens is 8. The third-order valence-electron chi connectivity index (χ3n) is 9.19. The maximum Gasteiger partial charge on any atom is 0.339 e. The van der Waals surface area contributed by atoms with Gasteiger partial charge in [0.1, 0.15) is 45.3 Å². The van der Waals surface area contributed by atoms with E-state index in [1.807, 2.05) is 106 Å². The van der Waals surface area contributed by atoms with Crippen LogP contribution >= 0.6 is 113 Å². The highest BCUT2D eigenvalue weighted by Crippen LogP contribution is 2.61. The summed E-state index contributed by atoms with van der Waals surface area (Å²) in [5.74, 6) is -0.363. The van der Waals surface area contributed by atoms with Crippen LogP contribution in [0.3, 0.4) is 0 Å². The van der Waals surface area contributed by atoms with Gasteiger partial charge < -0.3 is 24.5 Å². The zero-order chi connectivity index (χ0) is 64.2. The molecule has 8 aromatic rings. The fraction of sp³-hybridized carbons (Fsp3) is 0.192. The van der Waals surface area contributed by atoms with E-state index in [2.05, 4.69) is 113 Å². The quantitative estimate of drug-likeness (QED) is 0.0819. The Morgan fingerprint density at radius 2 is 1.11 bits per heavy atom. The topological polar surface area (TPSA) is 318 Å². The lowest BCUT2D eigenvalue weighted by molar-refractivity contribution is -0.179. The lowest BCUT2D eigenvalue weighted by Crippen LogP contribution is -2.30. The van der Waals surface area contributed by atoms with E-state index in [1.165, 1.54) is 6.07 Å². The smallest absolute Gasteiger partial charge is 0.339 e. The van der Waals surface area contributed by atoms with Crippen LogP contribution in [-0.4, -0.2) is 104 Å². The summed E-state index contributed by atoms with van der Waals surface area (Å²) in [5, 5.41) is 41.3. The third-order valence-corrected chi connectivity index (χ3v) is 9.96. The minimum atomic E-state index is -3.22. The van der Waals surface area contributed by atoms with Gasteiger partial charge in [-0.05, 0) is 190 Å². The van der Waals surface area contributed by atoms with Crippen molar-refractivity contribution in [2.45, 2.75) is 27.2 Å². The number of aromatic amines is 2. The molecule has 0 aliphatic carbocycles. The van der Waals surface area contributed by atoms with Gasteiger partial charge in [0.25, 0.3) is 11.1 Å². The predicted molar refractivity (Wildman–Crippen MR) is 336 cm³/mol. The Morgan fingerprint density at radius 3 is 1.54 bits per heavy atom. The molecule has 32 heteroatoms. The van der Waals surface area contributed by atoms with Crippen LogP contribution in [0.2, 0.25) is 15.5 Å². The molecule has 0 aliphatic rings. The second-order valence-electron chi connectivity index (χ2n) is 15.9. The van der Waals surface area contributed by atoms with Gasteiger partial charge in [-0.3, -0.25) is 48.5 Å². The van der Waals surface area contributed by atoms with E-state index in [4.69, 9.17) is 70.4 Å². The molecule has 0 saturated heterocycles. The molecule has 3 N–H and O–H groups in total. The van der Waals surface area contributed by atoms with E-state index in [-0.39, 0.29) is 28.6 Å². The van der Waals surface area contributed by atoms with Crippen molar-refractivity contribution in [2.24, 2.45) is 0 Å². The molecule has 0 fully saturated rings. The van der Waals surface area contributed by atoms with Crippen LogP contribution in [0.1, 0.15) is 44.5 Å². The summed E-state index contributed by atoms with van der Waals surface area (Å²) in [7, 11) is 10.9. The molecule has 0 radical (unpaired) electrons. The van der Waals surface area contributed by atoms with Crippen molar-refractivity contribution in [3.63, 3.8) is 0 Å². The standard InChI is InChI=1S/C10H11N3.C8H5ClN2.C8H6N2O.C7H4Cl2N2.C7H6N2O2.C7H6N2.C5H13NO2.2Cl3OP/c1-13(2)6-4-9-3-5-12-8-10(9)7-11;9-8-7-5-10-3-1-6(7)2-4-11-8;11-8-7-5-9-3-1-6(7)2-4-10-8;1-4-2-6(8)11-7(9)5(4)3-10;1-4-2-6(10)9-7(11)5(4)3-8;1-6-2-3-9-5-7(6)4-8;1-6(2)5(7-3)8-4;2*1-5(2,3)4/h3-6,8H,1-2H3;1-5H;1-5H,(H,10,11);2H,1H3;2H,1H3,(H2,9,10,11);2-3,5H,1H3;5H,1-4H3;;/b6-4-;;;;;;;;. The van der Waals surface area contributed by atoms with Crippen molar-refractivity contribution in [1.29, 1.82) is 21.0 Å². The summed E-state index contributed by atoms with van der Waals surface area (Å²) in [6.45, 7) is 5.24. The van der Waals surface area contributed by atoms with Crippen molar-refractivity contribution in [3.8, 4) is 30.2 Å². The SMILES string of the molecule is CN(C)/C=C\c1ccncc1C#N.COC(OC)N(C)C.Cc1cc(=O)[nH]c(O)c1C#N.Cc1cc(Cl)nc(Cl)c1C#N.Cc1ccncc1C#N.Clc1nccc2ccncc12.O=P(Cl)(Cl)Cl.O=P(Cl)(Cl)Cl.O=c1[nH]ccc2ccncc12.